The second kappa shape index (κ2) is 6.84. The zero-order valence-electron chi connectivity index (χ0n) is 15.3. The predicted molar refractivity (Wildman–Crippen MR) is 119 cm³/mol. The molecule has 0 aliphatic rings. The first-order valence-electron chi connectivity index (χ1n) is 9.09. The topological polar surface area (TPSA) is 22.4 Å². The third-order valence-electron chi connectivity index (χ3n) is 5.07. The highest BCUT2D eigenvalue weighted by Gasteiger charge is 2.19. The zero-order valence-corrected chi connectivity index (χ0v) is 16.9. The van der Waals surface area contributed by atoms with Crippen LogP contribution in [0.15, 0.2) is 93.8 Å². The maximum Gasteiger partial charge on any atom is 0.143 e. The Morgan fingerprint density at radius 3 is 2.18 bits per heavy atom. The fraction of sp³-hybridized carbons (Fsp3) is 0.0400. The molecule has 0 amide bonds. The van der Waals surface area contributed by atoms with Gasteiger partial charge in [-0.05, 0) is 53.4 Å². The fourth-order valence-corrected chi connectivity index (χ4v) is 3.94. The molecule has 0 unspecified atom stereocenters. The van der Waals surface area contributed by atoms with E-state index in [1.54, 1.807) is 7.11 Å². The van der Waals surface area contributed by atoms with E-state index in [1.165, 1.54) is 5.39 Å². The summed E-state index contributed by atoms with van der Waals surface area (Å²) < 4.78 is 12.9. The van der Waals surface area contributed by atoms with Gasteiger partial charge in [0.25, 0.3) is 0 Å². The van der Waals surface area contributed by atoms with Crippen molar-refractivity contribution in [1.82, 2.24) is 0 Å². The molecule has 0 radical (unpaired) electrons. The maximum absolute atomic E-state index is 6.50. The molecular weight excluding hydrogens is 412 g/mol. The van der Waals surface area contributed by atoms with Crippen LogP contribution in [0.1, 0.15) is 0 Å². The molecule has 1 aromatic heterocycles. The summed E-state index contributed by atoms with van der Waals surface area (Å²) in [6, 6.07) is 29.0. The molecule has 0 fully saturated rings. The second-order valence-electron chi connectivity index (χ2n) is 6.70. The third kappa shape index (κ3) is 2.79. The quantitative estimate of drug-likeness (QED) is 0.293. The first-order valence-corrected chi connectivity index (χ1v) is 9.88. The number of methoxy groups -OCH3 is 1. The summed E-state index contributed by atoms with van der Waals surface area (Å²) in [6.07, 6.45) is 0. The van der Waals surface area contributed by atoms with Crippen molar-refractivity contribution in [3.8, 4) is 28.2 Å². The Labute approximate surface area is 171 Å². The van der Waals surface area contributed by atoms with Crippen molar-refractivity contribution >= 4 is 37.7 Å². The van der Waals surface area contributed by atoms with Crippen LogP contribution in [-0.4, -0.2) is 7.11 Å². The zero-order chi connectivity index (χ0) is 19.1. The summed E-state index contributed by atoms with van der Waals surface area (Å²) in [4.78, 5) is 0. The minimum atomic E-state index is 0.829. The second-order valence-corrected chi connectivity index (χ2v) is 7.62. The smallest absolute Gasteiger partial charge is 0.143 e. The summed E-state index contributed by atoms with van der Waals surface area (Å²) in [5.41, 5.74) is 4.18. The van der Waals surface area contributed by atoms with Crippen molar-refractivity contribution in [2.24, 2.45) is 0 Å². The number of rotatable bonds is 3. The summed E-state index contributed by atoms with van der Waals surface area (Å²) in [5.74, 6) is 1.70. The molecule has 136 valence electrons. The van der Waals surface area contributed by atoms with Gasteiger partial charge in [0.15, 0.2) is 0 Å². The average molecular weight is 429 g/mol. The van der Waals surface area contributed by atoms with E-state index >= 15 is 0 Å². The largest absolute Gasteiger partial charge is 0.497 e. The van der Waals surface area contributed by atoms with Crippen LogP contribution in [0.25, 0.3) is 44.2 Å². The minimum absolute atomic E-state index is 0.829. The standard InChI is InChI=1S/C25H17BrO2/c1-27-20-13-8-18(9-14-20)24-23(17-6-11-19(26)12-7-17)22-15-10-16-4-2-3-5-21(16)25(22)28-24/h2-15H,1H3. The van der Waals surface area contributed by atoms with Gasteiger partial charge >= 0.3 is 0 Å². The van der Waals surface area contributed by atoms with Gasteiger partial charge in [0.05, 0.1) is 7.11 Å². The summed E-state index contributed by atoms with van der Waals surface area (Å²) >= 11 is 3.53. The molecule has 0 spiro atoms. The number of hydrogen-bond acceptors (Lipinski definition) is 2. The normalized spacial score (nSPS) is 11.2. The summed E-state index contributed by atoms with van der Waals surface area (Å²) in [6.45, 7) is 0. The molecule has 0 N–H and O–H groups in total. The Balaban J connectivity index is 1.85. The van der Waals surface area contributed by atoms with Gasteiger partial charge in [-0.15, -0.1) is 0 Å². The van der Waals surface area contributed by atoms with Crippen molar-refractivity contribution in [1.29, 1.82) is 0 Å². The van der Waals surface area contributed by atoms with E-state index in [-0.39, 0.29) is 0 Å². The molecule has 3 heteroatoms. The number of furan rings is 1. The van der Waals surface area contributed by atoms with Gasteiger partial charge in [0, 0.05) is 26.4 Å². The highest BCUT2D eigenvalue weighted by atomic mass is 79.9. The van der Waals surface area contributed by atoms with E-state index in [0.29, 0.717) is 0 Å². The van der Waals surface area contributed by atoms with Gasteiger partial charge < -0.3 is 9.15 Å². The van der Waals surface area contributed by atoms with Gasteiger partial charge in [0.2, 0.25) is 0 Å². The Hall–Kier alpha value is -3.04. The van der Waals surface area contributed by atoms with Gasteiger partial charge in [0.1, 0.15) is 17.1 Å². The molecule has 1 heterocycles. The van der Waals surface area contributed by atoms with Crippen LogP contribution in [0, 0.1) is 0 Å². The fourth-order valence-electron chi connectivity index (χ4n) is 3.67. The van der Waals surface area contributed by atoms with Gasteiger partial charge in [-0.25, -0.2) is 0 Å². The lowest BCUT2D eigenvalue weighted by Gasteiger charge is -2.06. The van der Waals surface area contributed by atoms with Crippen molar-refractivity contribution in [2.75, 3.05) is 7.11 Å². The maximum atomic E-state index is 6.50. The van der Waals surface area contributed by atoms with E-state index in [1.807, 2.05) is 24.3 Å². The molecule has 5 rings (SSSR count). The number of ether oxygens (including phenoxy) is 1. The van der Waals surface area contributed by atoms with Crippen LogP contribution in [0.2, 0.25) is 0 Å². The van der Waals surface area contributed by atoms with E-state index in [9.17, 15) is 0 Å². The van der Waals surface area contributed by atoms with Gasteiger partial charge in [-0.1, -0.05) is 58.4 Å². The SMILES string of the molecule is COc1ccc(-c2oc3c(ccc4ccccc43)c2-c2ccc(Br)cc2)cc1. The van der Waals surface area contributed by atoms with Crippen LogP contribution in [0.5, 0.6) is 5.75 Å². The molecule has 0 saturated heterocycles. The molecule has 28 heavy (non-hydrogen) atoms. The third-order valence-corrected chi connectivity index (χ3v) is 5.59. The van der Waals surface area contributed by atoms with Crippen molar-refractivity contribution in [3.63, 3.8) is 0 Å². The number of benzene rings is 4. The Morgan fingerprint density at radius 1 is 0.714 bits per heavy atom. The molecule has 4 aromatic carbocycles. The summed E-state index contributed by atoms with van der Waals surface area (Å²) in [7, 11) is 1.68. The van der Waals surface area contributed by atoms with Crippen molar-refractivity contribution in [3.05, 3.63) is 89.4 Å². The molecule has 0 aliphatic carbocycles. The van der Waals surface area contributed by atoms with Crippen LogP contribution >= 0.6 is 15.9 Å². The van der Waals surface area contributed by atoms with E-state index in [2.05, 4.69) is 76.6 Å². The Bertz CT molecular complexity index is 1280. The van der Waals surface area contributed by atoms with Crippen LogP contribution in [0.4, 0.5) is 0 Å². The lowest BCUT2D eigenvalue weighted by atomic mass is 9.97. The van der Waals surface area contributed by atoms with Crippen molar-refractivity contribution < 1.29 is 9.15 Å². The molecule has 5 aromatic rings. The monoisotopic (exact) mass is 428 g/mol. The number of halogens is 1. The lowest BCUT2D eigenvalue weighted by molar-refractivity contribution is 0.415. The lowest BCUT2D eigenvalue weighted by Crippen LogP contribution is -1.84. The molecule has 0 bridgehead atoms. The molecule has 0 atom stereocenters. The average Bonchev–Trinajstić information content (AvgIpc) is 3.14. The Kier molecular flexibility index (Phi) is 4.18. The van der Waals surface area contributed by atoms with Gasteiger partial charge in [-0.3, -0.25) is 0 Å². The Morgan fingerprint density at radius 2 is 1.43 bits per heavy atom. The van der Waals surface area contributed by atoms with Crippen molar-refractivity contribution in [2.45, 2.75) is 0 Å². The highest BCUT2D eigenvalue weighted by molar-refractivity contribution is 9.10. The predicted octanol–water partition coefficient (Wildman–Crippen LogP) is 7.69. The van der Waals surface area contributed by atoms with Crippen LogP contribution < -0.4 is 4.74 Å². The summed E-state index contributed by atoms with van der Waals surface area (Å²) in [5, 5.41) is 3.41. The highest BCUT2D eigenvalue weighted by Crippen LogP contribution is 2.43. The number of fused-ring (bicyclic) bond motifs is 3. The first-order chi connectivity index (χ1) is 13.7. The number of hydrogen-bond donors (Lipinski definition) is 0. The molecule has 0 saturated carbocycles. The van der Waals surface area contributed by atoms with E-state index in [4.69, 9.17) is 9.15 Å². The molecule has 2 nitrogen and oxygen atoms in total. The minimum Gasteiger partial charge on any atom is -0.497 e. The molecular formula is C25H17BrO2. The van der Waals surface area contributed by atoms with Crippen LogP contribution in [-0.2, 0) is 0 Å². The van der Waals surface area contributed by atoms with E-state index < -0.39 is 0 Å². The van der Waals surface area contributed by atoms with Crippen LogP contribution in [0.3, 0.4) is 0 Å². The first kappa shape index (κ1) is 17.1. The molecule has 0 aliphatic heterocycles. The van der Waals surface area contributed by atoms with E-state index in [0.717, 1.165) is 49.0 Å². The van der Waals surface area contributed by atoms with Gasteiger partial charge in [-0.2, -0.15) is 0 Å².